The number of hydrogen-bond acceptors (Lipinski definition) is 7. The number of anilines is 1. The maximum absolute atomic E-state index is 13.4. The number of sulfonamides is 1. The lowest BCUT2D eigenvalue weighted by Gasteiger charge is -2.17. The zero-order chi connectivity index (χ0) is 30.0. The van der Waals surface area contributed by atoms with Crippen LogP contribution in [-0.2, 0) is 22.7 Å². The number of halogens is 3. The van der Waals surface area contributed by atoms with Crippen LogP contribution in [0.2, 0.25) is 0 Å². The first-order valence-electron chi connectivity index (χ1n) is 11.8. The molecule has 0 saturated carbocycles. The molecule has 3 N–H and O–H groups in total. The van der Waals surface area contributed by atoms with Crippen LogP contribution in [0.3, 0.4) is 0 Å². The molecule has 0 bridgehead atoms. The summed E-state index contributed by atoms with van der Waals surface area (Å²) in [5.41, 5.74) is -1.67. The van der Waals surface area contributed by atoms with E-state index in [0.717, 1.165) is 25.3 Å². The van der Waals surface area contributed by atoms with Crippen LogP contribution in [0.15, 0.2) is 41.3 Å². The van der Waals surface area contributed by atoms with E-state index in [1.807, 2.05) is 0 Å². The molecule has 0 saturated heterocycles. The lowest BCUT2D eigenvalue weighted by Crippen LogP contribution is -2.30. The molecule has 1 aromatic heterocycles. The predicted octanol–water partition coefficient (Wildman–Crippen LogP) is 4.67. The fraction of sp³-hybridized carbons (Fsp3) is 0.320. The third-order valence-corrected chi connectivity index (χ3v) is 7.17. The van der Waals surface area contributed by atoms with Crippen LogP contribution >= 0.6 is 0 Å². The summed E-state index contributed by atoms with van der Waals surface area (Å²) in [5, 5.41) is 15.8. The summed E-state index contributed by atoms with van der Waals surface area (Å²) < 4.78 is 80.8. The molecule has 1 heterocycles. The van der Waals surface area contributed by atoms with Gasteiger partial charge >= 0.3 is 12.1 Å². The Morgan fingerprint density at radius 2 is 1.77 bits per heavy atom. The Morgan fingerprint density at radius 3 is 2.33 bits per heavy atom. The number of carbonyl (C=O) groups excluding carboxylic acids is 1. The topological polar surface area (TPSA) is 149 Å². The van der Waals surface area contributed by atoms with Crippen LogP contribution in [0.1, 0.15) is 52.7 Å². The summed E-state index contributed by atoms with van der Waals surface area (Å²) in [6.07, 6.45) is -4.78. The fourth-order valence-corrected chi connectivity index (χ4v) is 5.12. The van der Waals surface area contributed by atoms with Crippen molar-refractivity contribution >= 4 is 27.6 Å². The van der Waals surface area contributed by atoms with E-state index < -0.39 is 50.3 Å². The van der Waals surface area contributed by atoms with Crippen molar-refractivity contribution < 1.29 is 45.8 Å². The van der Waals surface area contributed by atoms with Crippen LogP contribution in [0.25, 0.3) is 0 Å². The van der Waals surface area contributed by atoms with E-state index >= 15 is 0 Å². The maximum atomic E-state index is 13.4. The number of carbonyl (C=O) groups is 2. The van der Waals surface area contributed by atoms with Gasteiger partial charge in [-0.05, 0) is 64.1 Å². The van der Waals surface area contributed by atoms with Crippen molar-refractivity contribution in [2.24, 2.45) is 0 Å². The van der Waals surface area contributed by atoms with E-state index in [1.54, 1.807) is 20.8 Å². The van der Waals surface area contributed by atoms with Crippen molar-refractivity contribution in [3.8, 4) is 17.4 Å². The van der Waals surface area contributed by atoms with Gasteiger partial charge in [-0.1, -0.05) is 0 Å². The number of rotatable bonds is 10. The summed E-state index contributed by atoms with van der Waals surface area (Å²) in [5.74, 6) is -2.91. The van der Waals surface area contributed by atoms with Gasteiger partial charge in [-0.2, -0.15) is 18.3 Å². The maximum Gasteiger partial charge on any atom is 0.419 e. The van der Waals surface area contributed by atoms with Crippen molar-refractivity contribution in [1.82, 2.24) is 14.5 Å². The quantitative estimate of drug-likeness (QED) is 0.311. The first kappa shape index (κ1) is 30.4. The van der Waals surface area contributed by atoms with Gasteiger partial charge in [-0.25, -0.2) is 22.6 Å². The molecule has 40 heavy (non-hydrogen) atoms. The molecule has 0 fully saturated rings. The zero-order valence-electron chi connectivity index (χ0n) is 22.1. The average Bonchev–Trinajstić information content (AvgIpc) is 3.18. The normalized spacial score (nSPS) is 11.9. The molecule has 0 radical (unpaired) electrons. The minimum Gasteiger partial charge on any atom is -0.496 e. The van der Waals surface area contributed by atoms with Crippen molar-refractivity contribution in [2.75, 3.05) is 12.4 Å². The van der Waals surface area contributed by atoms with Gasteiger partial charge in [0.1, 0.15) is 16.4 Å². The van der Waals surface area contributed by atoms with Crippen molar-refractivity contribution in [3.63, 3.8) is 0 Å². The van der Waals surface area contributed by atoms with E-state index in [1.165, 1.54) is 23.7 Å². The van der Waals surface area contributed by atoms with Gasteiger partial charge in [-0.15, -0.1) is 0 Å². The van der Waals surface area contributed by atoms with Crippen LogP contribution in [0.5, 0.6) is 17.4 Å². The van der Waals surface area contributed by atoms with Gasteiger partial charge < -0.3 is 19.9 Å². The van der Waals surface area contributed by atoms with E-state index in [4.69, 9.17) is 9.47 Å². The Kier molecular flexibility index (Phi) is 8.79. The first-order valence-corrected chi connectivity index (χ1v) is 13.3. The van der Waals surface area contributed by atoms with Crippen molar-refractivity contribution in [1.29, 1.82) is 0 Å². The zero-order valence-corrected chi connectivity index (χ0v) is 22.9. The van der Waals surface area contributed by atoms with Gasteiger partial charge in [0, 0.05) is 29.4 Å². The van der Waals surface area contributed by atoms with Gasteiger partial charge in [0.05, 0.1) is 12.7 Å². The van der Waals surface area contributed by atoms with Crippen LogP contribution < -0.4 is 19.5 Å². The fourth-order valence-electron chi connectivity index (χ4n) is 3.71. The average molecular weight is 585 g/mol. The second-order valence-electron chi connectivity index (χ2n) is 8.81. The first-order chi connectivity index (χ1) is 18.6. The minimum atomic E-state index is -4.78. The molecule has 0 spiro atoms. The molecule has 0 aliphatic rings. The molecule has 3 aromatic rings. The second-order valence-corrected chi connectivity index (χ2v) is 10.5. The molecule has 1 amide bonds. The number of methoxy groups -OCH3 is 1. The van der Waals surface area contributed by atoms with Gasteiger partial charge in [0.15, 0.2) is 5.69 Å². The van der Waals surface area contributed by atoms with Gasteiger partial charge in [0.25, 0.3) is 5.91 Å². The van der Waals surface area contributed by atoms with E-state index in [-0.39, 0.29) is 40.7 Å². The Bertz CT molecular complexity index is 1550. The lowest BCUT2D eigenvalue weighted by atomic mass is 10.1. The Morgan fingerprint density at radius 1 is 1.12 bits per heavy atom. The van der Waals surface area contributed by atoms with Crippen LogP contribution in [-0.4, -0.2) is 48.3 Å². The van der Waals surface area contributed by atoms with Gasteiger partial charge in [0.2, 0.25) is 15.9 Å². The monoisotopic (exact) mass is 584 g/mol. The second kappa shape index (κ2) is 11.6. The minimum absolute atomic E-state index is 0.00408. The third kappa shape index (κ3) is 6.54. The van der Waals surface area contributed by atoms with Gasteiger partial charge in [-0.3, -0.25) is 4.79 Å². The highest BCUT2D eigenvalue weighted by Crippen LogP contribution is 2.37. The summed E-state index contributed by atoms with van der Waals surface area (Å²) >= 11 is 0. The number of ether oxygens (including phenoxy) is 2. The van der Waals surface area contributed by atoms with Crippen molar-refractivity contribution in [3.05, 3.63) is 58.8 Å². The number of aromatic nitrogens is 2. The highest BCUT2D eigenvalue weighted by Gasteiger charge is 2.35. The molecule has 216 valence electrons. The van der Waals surface area contributed by atoms with Crippen molar-refractivity contribution in [2.45, 2.75) is 51.4 Å². The largest absolute Gasteiger partial charge is 0.496 e. The molecule has 2 aromatic carbocycles. The highest BCUT2D eigenvalue weighted by molar-refractivity contribution is 7.89. The smallest absolute Gasteiger partial charge is 0.419 e. The summed E-state index contributed by atoms with van der Waals surface area (Å²) in [4.78, 5) is 23.9. The predicted molar refractivity (Wildman–Crippen MR) is 138 cm³/mol. The molecule has 0 atom stereocenters. The molecule has 15 heteroatoms. The molecule has 3 rings (SSSR count). The standard InChI is InChI=1S/C25H27F3N4O7S/c1-6-32-23(14(4)21(30-32)24(34)35)39-19-10-8-16(12-20(19)40(36,37)31-13(2)3)29-22(33)15-7-9-18(38-5)17(11-15)25(26,27)28/h7-13,31H,6H2,1-5H3,(H,29,33)(H,34,35). The summed E-state index contributed by atoms with van der Waals surface area (Å²) in [6, 6.07) is 5.82. The lowest BCUT2D eigenvalue weighted by molar-refractivity contribution is -0.138. The molecular formula is C25H27F3N4O7S. The van der Waals surface area contributed by atoms with E-state index in [2.05, 4.69) is 15.1 Å². The summed E-state index contributed by atoms with van der Waals surface area (Å²) in [7, 11) is -3.18. The number of nitrogens with one attached hydrogen (secondary N) is 2. The number of benzene rings is 2. The number of aromatic carboxylic acids is 1. The van der Waals surface area contributed by atoms with E-state index in [9.17, 15) is 36.3 Å². The Hall–Kier alpha value is -4.11. The number of amides is 1. The number of aryl methyl sites for hydroxylation is 1. The molecule has 0 aliphatic heterocycles. The number of nitrogens with zero attached hydrogens (tertiary/aromatic N) is 2. The highest BCUT2D eigenvalue weighted by atomic mass is 32.2. The summed E-state index contributed by atoms with van der Waals surface area (Å²) in [6.45, 7) is 6.52. The van der Waals surface area contributed by atoms with Crippen LogP contribution in [0.4, 0.5) is 18.9 Å². The third-order valence-electron chi connectivity index (χ3n) is 5.49. The number of carboxylic acids is 1. The van der Waals surface area contributed by atoms with Crippen LogP contribution in [0, 0.1) is 6.92 Å². The molecule has 11 nitrogen and oxygen atoms in total. The SMILES string of the molecule is CCn1nc(C(=O)O)c(C)c1Oc1ccc(NC(=O)c2ccc(OC)c(C(F)(F)F)c2)cc1S(=O)(=O)NC(C)C. The number of carboxylic acid groups (broad SMARTS) is 1. The number of hydrogen-bond donors (Lipinski definition) is 3. The Labute approximate surface area is 228 Å². The molecule has 0 aliphatic carbocycles. The Balaban J connectivity index is 2.05. The molecular weight excluding hydrogens is 557 g/mol. The molecule has 0 unspecified atom stereocenters. The van der Waals surface area contributed by atoms with E-state index in [0.29, 0.717) is 6.07 Å². The number of alkyl halides is 3.